The molecule has 0 spiro atoms. The van der Waals surface area contributed by atoms with Gasteiger partial charge < -0.3 is 13.6 Å². The maximum Gasteiger partial charge on any atom is 0.166 e. The molecule has 0 radical (unpaired) electrons. The maximum atomic E-state index is 7.01. The van der Waals surface area contributed by atoms with Crippen LogP contribution in [0.15, 0.2) is 210 Å². The summed E-state index contributed by atoms with van der Waals surface area (Å²) in [6, 6.07) is 57.0. The first-order valence-electron chi connectivity index (χ1n) is 24.0. The molecular formula is C63H45N5O. The Morgan fingerprint density at radius 3 is 2.01 bits per heavy atom. The normalized spacial score (nSPS) is 16.1. The summed E-state index contributed by atoms with van der Waals surface area (Å²) in [6.07, 6.45) is 17.6. The van der Waals surface area contributed by atoms with E-state index in [0.29, 0.717) is 23.4 Å². The Labute approximate surface area is 398 Å². The van der Waals surface area contributed by atoms with Crippen molar-refractivity contribution in [2.45, 2.75) is 38.6 Å². The number of para-hydroxylation sites is 3. The van der Waals surface area contributed by atoms with Crippen molar-refractivity contribution in [2.75, 3.05) is 0 Å². The van der Waals surface area contributed by atoms with Gasteiger partial charge in [0, 0.05) is 60.4 Å². The molecule has 12 aromatic rings. The zero-order valence-electron chi connectivity index (χ0n) is 38.3. The highest BCUT2D eigenvalue weighted by molar-refractivity contribution is 6.17. The smallest absolute Gasteiger partial charge is 0.166 e. The molecule has 0 amide bonds. The molecule has 0 aliphatic heterocycles. The summed E-state index contributed by atoms with van der Waals surface area (Å²) in [5, 5.41) is 9.22. The standard InChI is InChI=1S/C63H45N5O/c1-38-24-26-40(27-25-38)43-28-30-46(39(2)34-43)62-64-61(44-29-31-49-47-18-8-11-21-54(47)67(56(49)37-44)45-16-4-3-5-17-45)65-63(66-62)52-33-32-51-50-20-10-13-23-58(50)69-60(51)59(52)68-55-22-12-9-19-48(55)53-35-41-14-6-7-15-42(41)36-57(53)68/h3-16,18-26,28-37,40,45H,17,27H2,1-2H3. The molecule has 0 fully saturated rings. The van der Waals surface area contributed by atoms with Gasteiger partial charge in [-0.25, -0.2) is 15.0 Å². The molecule has 14 rings (SSSR count). The average molecular weight is 888 g/mol. The van der Waals surface area contributed by atoms with Gasteiger partial charge in [-0.1, -0.05) is 157 Å². The maximum absolute atomic E-state index is 7.01. The average Bonchev–Trinajstić information content (AvgIpc) is 4.05. The van der Waals surface area contributed by atoms with E-state index in [1.54, 1.807) is 0 Å². The topological polar surface area (TPSA) is 61.7 Å². The SMILES string of the molecule is CC1=CCC(c2ccc(-c3nc(-c4ccc5c6ccccc6n(C6C=CC=CC6)c5c4)nc(-c4ccc5c(oc6ccccc65)c4-n4c5ccccc5c5cc6ccccc6cc54)n3)c(C)c2)C=C1. The highest BCUT2D eigenvalue weighted by atomic mass is 16.3. The zero-order chi connectivity index (χ0) is 45.7. The fourth-order valence-corrected chi connectivity index (χ4v) is 11.2. The van der Waals surface area contributed by atoms with E-state index in [2.05, 4.69) is 217 Å². The number of hydrogen-bond acceptors (Lipinski definition) is 4. The minimum atomic E-state index is 0.179. The van der Waals surface area contributed by atoms with Crippen LogP contribution in [0.1, 0.15) is 42.9 Å². The van der Waals surface area contributed by atoms with Gasteiger partial charge >= 0.3 is 0 Å². The molecule has 0 N–H and O–H groups in total. The van der Waals surface area contributed by atoms with Crippen LogP contribution < -0.4 is 0 Å². The van der Waals surface area contributed by atoms with Crippen LogP contribution in [0.2, 0.25) is 0 Å². The van der Waals surface area contributed by atoms with E-state index in [9.17, 15) is 0 Å². The molecule has 0 saturated heterocycles. The van der Waals surface area contributed by atoms with Gasteiger partial charge in [0.25, 0.3) is 0 Å². The van der Waals surface area contributed by atoms with Crippen LogP contribution in [0.3, 0.4) is 0 Å². The van der Waals surface area contributed by atoms with E-state index >= 15 is 0 Å². The van der Waals surface area contributed by atoms with Crippen molar-refractivity contribution in [1.29, 1.82) is 0 Å². The molecule has 69 heavy (non-hydrogen) atoms. The summed E-state index contributed by atoms with van der Waals surface area (Å²) in [5.41, 5.74) is 13.5. The monoisotopic (exact) mass is 887 g/mol. The van der Waals surface area contributed by atoms with Crippen molar-refractivity contribution < 1.29 is 4.42 Å². The van der Waals surface area contributed by atoms with Crippen LogP contribution in [0.25, 0.3) is 116 Å². The second-order valence-electron chi connectivity index (χ2n) is 18.8. The van der Waals surface area contributed by atoms with Crippen LogP contribution in [0.5, 0.6) is 0 Å². The summed E-state index contributed by atoms with van der Waals surface area (Å²) in [7, 11) is 0. The molecule has 4 aromatic heterocycles. The molecule has 0 bridgehead atoms. The van der Waals surface area contributed by atoms with Gasteiger partial charge in [-0.15, -0.1) is 0 Å². The summed E-state index contributed by atoms with van der Waals surface area (Å²) in [4.78, 5) is 16.5. The third-order valence-corrected chi connectivity index (χ3v) is 14.6. The zero-order valence-corrected chi connectivity index (χ0v) is 38.3. The number of aromatic nitrogens is 5. The molecular weight excluding hydrogens is 843 g/mol. The lowest BCUT2D eigenvalue weighted by molar-refractivity contribution is 0.648. The summed E-state index contributed by atoms with van der Waals surface area (Å²) in [6.45, 7) is 4.35. The molecule has 4 heterocycles. The predicted octanol–water partition coefficient (Wildman–Crippen LogP) is 16.5. The number of fused-ring (bicyclic) bond motifs is 10. The third kappa shape index (κ3) is 6.29. The van der Waals surface area contributed by atoms with Crippen LogP contribution >= 0.6 is 0 Å². The fraction of sp³-hybridized carbons (Fsp3) is 0.0952. The van der Waals surface area contributed by atoms with Crippen molar-refractivity contribution >= 4 is 76.3 Å². The van der Waals surface area contributed by atoms with E-state index in [-0.39, 0.29) is 6.04 Å². The van der Waals surface area contributed by atoms with Crippen molar-refractivity contribution in [3.8, 4) is 39.9 Å². The van der Waals surface area contributed by atoms with Crippen molar-refractivity contribution in [3.63, 3.8) is 0 Å². The van der Waals surface area contributed by atoms with Gasteiger partial charge in [-0.3, -0.25) is 0 Å². The lowest BCUT2D eigenvalue weighted by atomic mass is 9.89. The number of aryl methyl sites for hydroxylation is 1. The Balaban J connectivity index is 1.05. The van der Waals surface area contributed by atoms with E-state index < -0.39 is 0 Å². The lowest BCUT2D eigenvalue weighted by Crippen LogP contribution is -2.07. The van der Waals surface area contributed by atoms with E-state index in [0.717, 1.165) is 84.7 Å². The highest BCUT2D eigenvalue weighted by Gasteiger charge is 2.26. The highest BCUT2D eigenvalue weighted by Crippen LogP contribution is 2.44. The van der Waals surface area contributed by atoms with Crippen LogP contribution in [-0.4, -0.2) is 24.1 Å². The summed E-state index contributed by atoms with van der Waals surface area (Å²) >= 11 is 0. The molecule has 328 valence electrons. The minimum Gasteiger partial charge on any atom is -0.454 e. The fourth-order valence-electron chi connectivity index (χ4n) is 11.2. The van der Waals surface area contributed by atoms with Gasteiger partial charge in [-0.05, 0) is 97.1 Å². The summed E-state index contributed by atoms with van der Waals surface area (Å²) < 4.78 is 11.9. The molecule has 6 heteroatoms. The molecule has 6 nitrogen and oxygen atoms in total. The van der Waals surface area contributed by atoms with Gasteiger partial charge in [0.2, 0.25) is 0 Å². The quantitative estimate of drug-likeness (QED) is 0.167. The molecule has 2 aliphatic carbocycles. The van der Waals surface area contributed by atoms with E-state index in [4.69, 9.17) is 19.4 Å². The molecule has 2 aliphatic rings. The number of rotatable bonds is 6. The van der Waals surface area contributed by atoms with Crippen molar-refractivity contribution in [2.24, 2.45) is 0 Å². The largest absolute Gasteiger partial charge is 0.454 e. The molecule has 2 atom stereocenters. The molecule has 8 aromatic carbocycles. The van der Waals surface area contributed by atoms with Crippen LogP contribution in [0, 0.1) is 6.92 Å². The first kappa shape index (κ1) is 39.5. The number of hydrogen-bond donors (Lipinski definition) is 0. The second kappa shape index (κ2) is 15.5. The first-order valence-corrected chi connectivity index (χ1v) is 24.0. The van der Waals surface area contributed by atoms with Gasteiger partial charge in [0.1, 0.15) is 11.3 Å². The van der Waals surface area contributed by atoms with Gasteiger partial charge in [0.15, 0.2) is 23.1 Å². The van der Waals surface area contributed by atoms with E-state index in [1.165, 1.54) is 43.6 Å². The third-order valence-electron chi connectivity index (χ3n) is 14.6. The van der Waals surface area contributed by atoms with Crippen molar-refractivity contribution in [3.05, 3.63) is 217 Å². The Morgan fingerprint density at radius 2 is 1.22 bits per heavy atom. The van der Waals surface area contributed by atoms with Crippen molar-refractivity contribution in [1.82, 2.24) is 24.1 Å². The summed E-state index contributed by atoms with van der Waals surface area (Å²) in [5.74, 6) is 2.12. The van der Waals surface area contributed by atoms with Crippen LogP contribution in [0.4, 0.5) is 0 Å². The Morgan fingerprint density at radius 1 is 0.522 bits per heavy atom. The lowest BCUT2D eigenvalue weighted by Gasteiger charge is -2.19. The second-order valence-corrected chi connectivity index (χ2v) is 18.8. The molecule has 2 unspecified atom stereocenters. The Hall–Kier alpha value is -8.61. The van der Waals surface area contributed by atoms with Crippen LogP contribution in [-0.2, 0) is 0 Å². The number of allylic oxidation sites excluding steroid dienone is 8. The Bertz CT molecular complexity index is 4250. The minimum absolute atomic E-state index is 0.179. The Kier molecular flexibility index (Phi) is 8.87. The first-order chi connectivity index (χ1) is 34.0. The van der Waals surface area contributed by atoms with Gasteiger partial charge in [-0.2, -0.15) is 0 Å². The molecule has 0 saturated carbocycles. The van der Waals surface area contributed by atoms with E-state index in [1.807, 2.05) is 6.07 Å². The van der Waals surface area contributed by atoms with Gasteiger partial charge in [0.05, 0.1) is 22.6 Å². The number of nitrogens with zero attached hydrogens (tertiary/aromatic N) is 5. The number of benzene rings is 8. The predicted molar refractivity (Wildman–Crippen MR) is 285 cm³/mol. The number of furan rings is 1.